The molecule has 15 heavy (non-hydrogen) atoms. The SMILES string of the molecule is CC1(C)CCCCC1.CCC1CCCC1. The zero-order valence-corrected chi connectivity index (χ0v) is 11.1. The van der Waals surface area contributed by atoms with E-state index in [1.807, 2.05) is 0 Å². The maximum Gasteiger partial charge on any atom is -0.0354 e. The lowest BCUT2D eigenvalue weighted by molar-refractivity contribution is 0.244. The summed E-state index contributed by atoms with van der Waals surface area (Å²) >= 11 is 0. The molecule has 0 heterocycles. The van der Waals surface area contributed by atoms with E-state index in [9.17, 15) is 0 Å². The second-order valence-corrected chi connectivity index (χ2v) is 6.28. The van der Waals surface area contributed by atoms with Gasteiger partial charge in [0, 0.05) is 0 Å². The first-order valence-electron chi connectivity index (χ1n) is 7.14. The molecule has 0 atom stereocenters. The zero-order valence-electron chi connectivity index (χ0n) is 11.1. The maximum atomic E-state index is 2.38. The number of hydrogen-bond acceptors (Lipinski definition) is 0. The molecule has 0 aromatic carbocycles. The van der Waals surface area contributed by atoms with Crippen molar-refractivity contribution in [3.63, 3.8) is 0 Å². The first-order valence-corrected chi connectivity index (χ1v) is 7.14. The summed E-state index contributed by atoms with van der Waals surface area (Å²) in [5.41, 5.74) is 0.679. The minimum Gasteiger partial charge on any atom is -0.0651 e. The number of rotatable bonds is 1. The van der Waals surface area contributed by atoms with Crippen molar-refractivity contribution in [3.05, 3.63) is 0 Å². The van der Waals surface area contributed by atoms with Crippen molar-refractivity contribution in [1.82, 2.24) is 0 Å². The van der Waals surface area contributed by atoms with E-state index in [0.717, 1.165) is 5.92 Å². The topological polar surface area (TPSA) is 0 Å². The molecule has 0 radical (unpaired) electrons. The van der Waals surface area contributed by atoms with Gasteiger partial charge in [-0.1, -0.05) is 72.1 Å². The molecule has 0 bridgehead atoms. The third-order valence-corrected chi connectivity index (χ3v) is 4.26. The Labute approximate surface area is 96.8 Å². The lowest BCUT2D eigenvalue weighted by Crippen LogP contribution is -2.14. The van der Waals surface area contributed by atoms with E-state index in [-0.39, 0.29) is 0 Å². The molecule has 0 N–H and O–H groups in total. The van der Waals surface area contributed by atoms with Crippen LogP contribution in [0.25, 0.3) is 0 Å². The van der Waals surface area contributed by atoms with Crippen LogP contribution in [-0.4, -0.2) is 0 Å². The van der Waals surface area contributed by atoms with Crippen LogP contribution in [0, 0.1) is 11.3 Å². The van der Waals surface area contributed by atoms with E-state index < -0.39 is 0 Å². The fourth-order valence-corrected chi connectivity index (χ4v) is 2.93. The van der Waals surface area contributed by atoms with Gasteiger partial charge >= 0.3 is 0 Å². The first kappa shape index (κ1) is 13.1. The Balaban J connectivity index is 0.000000151. The van der Waals surface area contributed by atoms with Crippen LogP contribution < -0.4 is 0 Å². The van der Waals surface area contributed by atoms with Crippen molar-refractivity contribution in [2.45, 2.75) is 85.0 Å². The second-order valence-electron chi connectivity index (χ2n) is 6.28. The summed E-state index contributed by atoms with van der Waals surface area (Å²) < 4.78 is 0. The molecule has 0 saturated heterocycles. The van der Waals surface area contributed by atoms with Gasteiger partial charge < -0.3 is 0 Å². The van der Waals surface area contributed by atoms with E-state index in [4.69, 9.17) is 0 Å². The molecule has 90 valence electrons. The Morgan fingerprint density at radius 2 is 1.40 bits per heavy atom. The third kappa shape index (κ3) is 5.58. The van der Waals surface area contributed by atoms with Crippen molar-refractivity contribution in [3.8, 4) is 0 Å². The van der Waals surface area contributed by atoms with Crippen molar-refractivity contribution >= 4 is 0 Å². The van der Waals surface area contributed by atoms with Gasteiger partial charge in [-0.2, -0.15) is 0 Å². The number of hydrogen-bond donors (Lipinski definition) is 0. The lowest BCUT2D eigenvalue weighted by Gasteiger charge is -2.28. The standard InChI is InChI=1S/C8H16.C7H14/c1-8(2)6-4-3-5-7-8;1-2-7-5-3-4-6-7/h3-7H2,1-2H3;7H,2-6H2,1H3. The van der Waals surface area contributed by atoms with Crippen LogP contribution in [0.3, 0.4) is 0 Å². The Morgan fingerprint density at radius 1 is 0.867 bits per heavy atom. The van der Waals surface area contributed by atoms with Crippen LogP contribution >= 0.6 is 0 Å². The highest BCUT2D eigenvalue weighted by atomic mass is 14.3. The molecular formula is C15H30. The third-order valence-electron chi connectivity index (χ3n) is 4.26. The summed E-state index contributed by atoms with van der Waals surface area (Å²) in [5.74, 6) is 1.10. The molecule has 2 aliphatic rings. The predicted octanol–water partition coefficient (Wildman–Crippen LogP) is 5.56. The average molecular weight is 210 g/mol. The van der Waals surface area contributed by atoms with Crippen LogP contribution in [-0.2, 0) is 0 Å². The van der Waals surface area contributed by atoms with Crippen LogP contribution in [0.1, 0.15) is 85.0 Å². The first-order chi connectivity index (χ1) is 7.14. The largest absolute Gasteiger partial charge is 0.0651 e. The van der Waals surface area contributed by atoms with E-state index in [0.29, 0.717) is 5.41 Å². The van der Waals surface area contributed by atoms with Crippen molar-refractivity contribution in [1.29, 1.82) is 0 Å². The minimum absolute atomic E-state index is 0.679. The fourth-order valence-electron chi connectivity index (χ4n) is 2.93. The molecule has 0 nitrogen and oxygen atoms in total. The predicted molar refractivity (Wildman–Crippen MR) is 69.1 cm³/mol. The Morgan fingerprint density at radius 3 is 1.67 bits per heavy atom. The molecule has 0 aromatic rings. The van der Waals surface area contributed by atoms with Gasteiger partial charge in [0.25, 0.3) is 0 Å². The van der Waals surface area contributed by atoms with Gasteiger partial charge in [0.15, 0.2) is 0 Å². The van der Waals surface area contributed by atoms with Gasteiger partial charge in [-0.25, -0.2) is 0 Å². The van der Waals surface area contributed by atoms with Gasteiger partial charge in [-0.05, 0) is 24.2 Å². The zero-order chi connectivity index (χ0) is 11.1. The van der Waals surface area contributed by atoms with E-state index in [1.165, 1.54) is 64.2 Å². The van der Waals surface area contributed by atoms with Crippen LogP contribution in [0.4, 0.5) is 0 Å². The molecule has 0 amide bonds. The minimum atomic E-state index is 0.679. The molecule has 2 fully saturated rings. The molecule has 2 rings (SSSR count). The van der Waals surface area contributed by atoms with E-state index in [1.54, 1.807) is 0 Å². The summed E-state index contributed by atoms with van der Waals surface area (Å²) in [6, 6.07) is 0. The normalized spacial score (nSPS) is 25.8. The Hall–Kier alpha value is 0. The lowest BCUT2D eigenvalue weighted by atomic mass is 9.78. The molecule has 0 unspecified atom stereocenters. The quantitative estimate of drug-likeness (QED) is 0.531. The molecule has 0 spiro atoms. The highest BCUT2D eigenvalue weighted by Gasteiger charge is 2.19. The molecular weight excluding hydrogens is 180 g/mol. The van der Waals surface area contributed by atoms with Crippen LogP contribution in [0.2, 0.25) is 0 Å². The van der Waals surface area contributed by atoms with E-state index >= 15 is 0 Å². The highest BCUT2D eigenvalue weighted by Crippen LogP contribution is 2.34. The Bertz CT molecular complexity index is 143. The monoisotopic (exact) mass is 210 g/mol. The van der Waals surface area contributed by atoms with E-state index in [2.05, 4.69) is 20.8 Å². The average Bonchev–Trinajstić information content (AvgIpc) is 2.70. The summed E-state index contributed by atoms with van der Waals surface area (Å²) in [6.45, 7) is 7.06. The molecule has 0 aliphatic heterocycles. The fraction of sp³-hybridized carbons (Fsp3) is 1.00. The summed E-state index contributed by atoms with van der Waals surface area (Å²) in [6.07, 6.45) is 14.7. The van der Waals surface area contributed by atoms with Gasteiger partial charge in [-0.15, -0.1) is 0 Å². The Kier molecular flexibility index (Phi) is 5.71. The maximum absolute atomic E-state index is 2.38. The summed E-state index contributed by atoms with van der Waals surface area (Å²) in [7, 11) is 0. The van der Waals surface area contributed by atoms with Gasteiger partial charge in [0.05, 0.1) is 0 Å². The van der Waals surface area contributed by atoms with Crippen molar-refractivity contribution in [2.24, 2.45) is 11.3 Å². The smallest absolute Gasteiger partial charge is 0.0354 e. The van der Waals surface area contributed by atoms with Crippen molar-refractivity contribution < 1.29 is 0 Å². The highest BCUT2D eigenvalue weighted by molar-refractivity contribution is 4.72. The van der Waals surface area contributed by atoms with Gasteiger partial charge in [-0.3, -0.25) is 0 Å². The summed E-state index contributed by atoms with van der Waals surface area (Å²) in [4.78, 5) is 0. The molecule has 2 aliphatic carbocycles. The van der Waals surface area contributed by atoms with Gasteiger partial charge in [0.2, 0.25) is 0 Å². The molecule has 2 saturated carbocycles. The molecule has 0 heteroatoms. The van der Waals surface area contributed by atoms with Crippen LogP contribution in [0.5, 0.6) is 0 Å². The van der Waals surface area contributed by atoms with Crippen LogP contribution in [0.15, 0.2) is 0 Å². The second kappa shape index (κ2) is 6.55. The van der Waals surface area contributed by atoms with Crippen molar-refractivity contribution in [2.75, 3.05) is 0 Å². The van der Waals surface area contributed by atoms with Gasteiger partial charge in [0.1, 0.15) is 0 Å². The summed E-state index contributed by atoms with van der Waals surface area (Å²) in [5, 5.41) is 0. The molecule has 0 aromatic heterocycles.